The van der Waals surface area contributed by atoms with Crippen molar-refractivity contribution in [2.24, 2.45) is 0 Å². The summed E-state index contributed by atoms with van der Waals surface area (Å²) in [7, 11) is -1.90. The molecule has 0 atom stereocenters. The Morgan fingerprint density at radius 3 is 1.35 bits per heavy atom. The molecule has 0 aliphatic carbocycles. The van der Waals surface area contributed by atoms with Gasteiger partial charge < -0.3 is 9.47 Å². The highest BCUT2D eigenvalue weighted by Crippen LogP contribution is 2.13. The van der Waals surface area contributed by atoms with E-state index in [0.717, 1.165) is 25.7 Å². The molecule has 0 aliphatic heterocycles. The highest BCUT2D eigenvalue weighted by molar-refractivity contribution is 6.76. The average molecular weight is 319 g/mol. The van der Waals surface area contributed by atoms with Crippen LogP contribution in [0.3, 0.4) is 0 Å². The van der Waals surface area contributed by atoms with Crippen LogP contribution < -0.4 is 0 Å². The van der Waals surface area contributed by atoms with Gasteiger partial charge in [-0.15, -0.1) is 0 Å². The lowest BCUT2D eigenvalue weighted by molar-refractivity contribution is 0.0536. The number of carbonyl (C=O) groups excluding carboxylic acids is 1. The van der Waals surface area contributed by atoms with E-state index < -0.39 is 22.3 Å². The summed E-state index contributed by atoms with van der Waals surface area (Å²) in [6, 6.07) is 2.59. The van der Waals surface area contributed by atoms with E-state index in [4.69, 9.17) is 9.47 Å². The van der Waals surface area contributed by atoms with E-state index in [1.165, 1.54) is 12.1 Å². The first kappa shape index (κ1) is 19.7. The summed E-state index contributed by atoms with van der Waals surface area (Å²) >= 11 is 0. The summed E-state index contributed by atoms with van der Waals surface area (Å²) in [6.07, 6.45) is 3.72. The van der Waals surface area contributed by atoms with Crippen molar-refractivity contribution in [3.8, 4) is 0 Å². The van der Waals surface area contributed by atoms with Crippen molar-refractivity contribution in [1.82, 2.24) is 0 Å². The smallest absolute Gasteiger partial charge is 0.434 e. The molecule has 3 nitrogen and oxygen atoms in total. The Balaban J connectivity index is 3.38. The third-order valence-corrected chi connectivity index (χ3v) is 6.79. The molecule has 0 saturated carbocycles. The first-order chi connectivity index (χ1) is 9.10. The SMILES string of the molecule is C[Si](C)(C)CCCCOC(=O)OCCCC[Si](C)(C)C. The molecule has 0 heterocycles. The third-order valence-electron chi connectivity index (χ3n) is 3.08. The van der Waals surface area contributed by atoms with Crippen LogP contribution in [0.1, 0.15) is 25.7 Å². The minimum atomic E-state index is -0.949. The van der Waals surface area contributed by atoms with Gasteiger partial charge in [0.15, 0.2) is 0 Å². The average Bonchev–Trinajstić information content (AvgIpc) is 2.25. The fourth-order valence-corrected chi connectivity index (χ4v) is 4.49. The molecule has 120 valence electrons. The number of unbranched alkanes of at least 4 members (excludes halogenated alkanes) is 2. The van der Waals surface area contributed by atoms with Crippen LogP contribution >= 0.6 is 0 Å². The minimum absolute atomic E-state index is 0.494. The summed E-state index contributed by atoms with van der Waals surface area (Å²) in [5, 5.41) is 0. The van der Waals surface area contributed by atoms with Crippen molar-refractivity contribution < 1.29 is 14.3 Å². The second-order valence-electron chi connectivity index (χ2n) is 7.98. The molecule has 0 unspecified atom stereocenters. The van der Waals surface area contributed by atoms with E-state index in [1.807, 2.05) is 0 Å². The van der Waals surface area contributed by atoms with Gasteiger partial charge in [0.2, 0.25) is 0 Å². The Kier molecular flexibility index (Phi) is 9.46. The zero-order valence-corrected chi connectivity index (χ0v) is 16.4. The summed E-state index contributed by atoms with van der Waals surface area (Å²) < 4.78 is 10.1. The topological polar surface area (TPSA) is 35.5 Å². The molecule has 0 rings (SSSR count). The molecule has 0 saturated heterocycles. The highest BCUT2D eigenvalue weighted by Gasteiger charge is 2.13. The van der Waals surface area contributed by atoms with Crippen LogP contribution in [0.2, 0.25) is 51.4 Å². The van der Waals surface area contributed by atoms with Crippen molar-refractivity contribution in [2.45, 2.75) is 77.1 Å². The van der Waals surface area contributed by atoms with Crippen LogP contribution in [-0.2, 0) is 9.47 Å². The van der Waals surface area contributed by atoms with Gasteiger partial charge in [0.05, 0.1) is 13.2 Å². The van der Waals surface area contributed by atoms with Crippen molar-refractivity contribution in [3.63, 3.8) is 0 Å². The zero-order valence-electron chi connectivity index (χ0n) is 14.4. The molecule has 0 bridgehead atoms. The second-order valence-corrected chi connectivity index (χ2v) is 19.2. The Morgan fingerprint density at radius 1 is 0.700 bits per heavy atom. The summed E-state index contributed by atoms with van der Waals surface area (Å²) in [4.78, 5) is 11.3. The van der Waals surface area contributed by atoms with Crippen LogP contribution in [0.25, 0.3) is 0 Å². The summed E-state index contributed by atoms with van der Waals surface area (Å²) in [6.45, 7) is 15.2. The molecule has 0 amide bonds. The first-order valence-electron chi connectivity index (χ1n) is 7.90. The first-order valence-corrected chi connectivity index (χ1v) is 15.3. The lowest BCUT2D eigenvalue weighted by Crippen LogP contribution is -2.19. The van der Waals surface area contributed by atoms with Crippen LogP contribution in [0, 0.1) is 0 Å². The maximum Gasteiger partial charge on any atom is 0.508 e. The number of ether oxygens (including phenoxy) is 2. The fraction of sp³-hybridized carbons (Fsp3) is 0.933. The molecule has 20 heavy (non-hydrogen) atoms. The van der Waals surface area contributed by atoms with Gasteiger partial charge in [0, 0.05) is 16.1 Å². The zero-order chi connectivity index (χ0) is 15.6. The number of rotatable bonds is 10. The van der Waals surface area contributed by atoms with Crippen LogP contribution in [-0.4, -0.2) is 35.5 Å². The fourth-order valence-electron chi connectivity index (χ4n) is 1.87. The molecule has 5 heteroatoms. The molecule has 0 N–H and O–H groups in total. The molecule has 0 fully saturated rings. The van der Waals surface area contributed by atoms with Crippen molar-refractivity contribution in [1.29, 1.82) is 0 Å². The van der Waals surface area contributed by atoms with Crippen LogP contribution in [0.4, 0.5) is 4.79 Å². The molecule has 0 aliphatic rings. The normalized spacial score (nSPS) is 12.3. The van der Waals surface area contributed by atoms with E-state index in [-0.39, 0.29) is 0 Å². The highest BCUT2D eigenvalue weighted by atomic mass is 28.3. The Hall–Kier alpha value is -0.296. The maximum absolute atomic E-state index is 11.3. The third kappa shape index (κ3) is 15.8. The lowest BCUT2D eigenvalue weighted by Gasteiger charge is -2.15. The molecule has 0 spiro atoms. The van der Waals surface area contributed by atoms with Crippen molar-refractivity contribution in [2.75, 3.05) is 13.2 Å². The van der Waals surface area contributed by atoms with Crippen LogP contribution in [0.15, 0.2) is 0 Å². The Morgan fingerprint density at radius 2 is 1.05 bits per heavy atom. The Bertz CT molecular complexity index is 241. The number of hydrogen-bond donors (Lipinski definition) is 0. The Labute approximate surface area is 127 Å². The van der Waals surface area contributed by atoms with E-state index in [2.05, 4.69) is 39.3 Å². The van der Waals surface area contributed by atoms with E-state index in [0.29, 0.717) is 13.2 Å². The largest absolute Gasteiger partial charge is 0.508 e. The van der Waals surface area contributed by atoms with Gasteiger partial charge in [-0.3, -0.25) is 0 Å². The number of carbonyl (C=O) groups is 1. The van der Waals surface area contributed by atoms with Gasteiger partial charge in [-0.1, -0.05) is 64.2 Å². The van der Waals surface area contributed by atoms with Crippen molar-refractivity contribution in [3.05, 3.63) is 0 Å². The molecule has 0 aromatic heterocycles. The molecule has 0 aromatic carbocycles. The maximum atomic E-state index is 11.3. The van der Waals surface area contributed by atoms with Crippen LogP contribution in [0.5, 0.6) is 0 Å². The van der Waals surface area contributed by atoms with Gasteiger partial charge in [-0.05, 0) is 12.8 Å². The van der Waals surface area contributed by atoms with E-state index in [9.17, 15) is 4.79 Å². The molecule has 0 radical (unpaired) electrons. The second kappa shape index (κ2) is 9.61. The van der Waals surface area contributed by atoms with Gasteiger partial charge in [0.1, 0.15) is 0 Å². The predicted molar refractivity (Wildman–Crippen MR) is 92.1 cm³/mol. The van der Waals surface area contributed by atoms with Gasteiger partial charge in [-0.2, -0.15) is 0 Å². The van der Waals surface area contributed by atoms with E-state index >= 15 is 0 Å². The quantitative estimate of drug-likeness (QED) is 0.308. The van der Waals surface area contributed by atoms with Gasteiger partial charge >= 0.3 is 6.16 Å². The van der Waals surface area contributed by atoms with Gasteiger partial charge in [0.25, 0.3) is 0 Å². The monoisotopic (exact) mass is 318 g/mol. The standard InChI is InChI=1S/C15H34O3Si2/c1-19(2,3)13-9-7-11-17-15(16)18-12-8-10-14-20(4,5)6/h7-14H2,1-6H3. The molecular weight excluding hydrogens is 284 g/mol. The summed E-state index contributed by atoms with van der Waals surface area (Å²) in [5.41, 5.74) is 0. The lowest BCUT2D eigenvalue weighted by atomic mass is 10.3. The molecule has 0 aromatic rings. The van der Waals surface area contributed by atoms with Gasteiger partial charge in [-0.25, -0.2) is 4.79 Å². The van der Waals surface area contributed by atoms with Crippen molar-refractivity contribution >= 4 is 22.3 Å². The number of hydrogen-bond acceptors (Lipinski definition) is 3. The predicted octanol–water partition coefficient (Wildman–Crippen LogP) is 5.38. The molecular formula is C15H34O3Si2. The van der Waals surface area contributed by atoms with E-state index in [1.54, 1.807) is 0 Å². The summed E-state index contributed by atoms with van der Waals surface area (Å²) in [5.74, 6) is 0. The minimum Gasteiger partial charge on any atom is -0.434 e.